The van der Waals surface area contributed by atoms with E-state index in [0.717, 1.165) is 18.1 Å². The quantitative estimate of drug-likeness (QED) is 0.826. The highest BCUT2D eigenvalue weighted by Gasteiger charge is 2.30. The van der Waals surface area contributed by atoms with Gasteiger partial charge in [0.2, 0.25) is 0 Å². The highest BCUT2D eigenvalue weighted by atomic mass is 35.5. The van der Waals surface area contributed by atoms with E-state index in [1.54, 1.807) is 0 Å². The first-order valence-electron chi connectivity index (χ1n) is 6.17. The number of halogens is 1. The van der Waals surface area contributed by atoms with Crippen LogP contribution in [0.15, 0.2) is 18.2 Å². The summed E-state index contributed by atoms with van der Waals surface area (Å²) < 4.78 is 0. The van der Waals surface area contributed by atoms with Crippen LogP contribution in [0.2, 0.25) is 5.02 Å². The van der Waals surface area contributed by atoms with Crippen LogP contribution >= 0.6 is 11.6 Å². The third-order valence-corrected chi connectivity index (χ3v) is 3.69. The zero-order valence-corrected chi connectivity index (χ0v) is 11.8. The molecule has 2 nitrogen and oxygen atoms in total. The first kappa shape index (κ1) is 12.7. The highest BCUT2D eigenvalue weighted by molar-refractivity contribution is 6.30. The SMILES string of the molecule is Cc1ccc(Cl)cc1N1CC(C)(C)NCC1C. The molecule has 1 unspecified atom stereocenters. The number of hydrogen-bond acceptors (Lipinski definition) is 2. The van der Waals surface area contributed by atoms with E-state index in [1.165, 1.54) is 11.3 Å². The summed E-state index contributed by atoms with van der Waals surface area (Å²) in [5.74, 6) is 0. The Morgan fingerprint density at radius 3 is 2.82 bits per heavy atom. The minimum absolute atomic E-state index is 0.154. The fourth-order valence-electron chi connectivity index (χ4n) is 2.39. The van der Waals surface area contributed by atoms with E-state index in [9.17, 15) is 0 Å². The molecule has 1 fully saturated rings. The van der Waals surface area contributed by atoms with E-state index in [4.69, 9.17) is 11.6 Å². The second-order valence-corrected chi connectivity index (χ2v) is 6.11. The maximum Gasteiger partial charge on any atom is 0.0426 e. The summed E-state index contributed by atoms with van der Waals surface area (Å²) in [6.07, 6.45) is 0. The molecule has 1 aromatic rings. The van der Waals surface area contributed by atoms with Crippen LogP contribution in [0.1, 0.15) is 26.3 Å². The molecule has 1 atom stereocenters. The van der Waals surface area contributed by atoms with Gasteiger partial charge in [0.25, 0.3) is 0 Å². The van der Waals surface area contributed by atoms with Crippen LogP contribution in [0.25, 0.3) is 0 Å². The van der Waals surface area contributed by atoms with Gasteiger partial charge in [-0.1, -0.05) is 17.7 Å². The molecule has 1 heterocycles. The van der Waals surface area contributed by atoms with Crippen molar-refractivity contribution in [2.45, 2.75) is 39.3 Å². The van der Waals surface area contributed by atoms with Crippen LogP contribution in [0.5, 0.6) is 0 Å². The van der Waals surface area contributed by atoms with E-state index in [-0.39, 0.29) is 5.54 Å². The van der Waals surface area contributed by atoms with E-state index < -0.39 is 0 Å². The molecule has 0 spiro atoms. The number of nitrogens with one attached hydrogen (secondary N) is 1. The second-order valence-electron chi connectivity index (χ2n) is 5.67. The number of piperazine rings is 1. The van der Waals surface area contributed by atoms with Gasteiger partial charge in [-0.2, -0.15) is 0 Å². The summed E-state index contributed by atoms with van der Waals surface area (Å²) in [4.78, 5) is 2.46. The molecule has 0 aromatic heterocycles. The molecular weight excluding hydrogens is 232 g/mol. The Balaban J connectivity index is 2.34. The second kappa shape index (κ2) is 4.51. The van der Waals surface area contributed by atoms with Gasteiger partial charge in [-0.3, -0.25) is 0 Å². The zero-order valence-electron chi connectivity index (χ0n) is 11.0. The topological polar surface area (TPSA) is 15.3 Å². The zero-order chi connectivity index (χ0) is 12.6. The average Bonchev–Trinajstić information content (AvgIpc) is 2.25. The Hall–Kier alpha value is -0.730. The summed E-state index contributed by atoms with van der Waals surface area (Å²) in [5.41, 5.74) is 2.71. The van der Waals surface area contributed by atoms with E-state index >= 15 is 0 Å². The van der Waals surface area contributed by atoms with E-state index in [2.05, 4.69) is 50.0 Å². The Morgan fingerprint density at radius 1 is 1.41 bits per heavy atom. The highest BCUT2D eigenvalue weighted by Crippen LogP contribution is 2.29. The number of hydrogen-bond donors (Lipinski definition) is 1. The Labute approximate surface area is 109 Å². The Kier molecular flexibility index (Phi) is 3.37. The molecule has 1 saturated heterocycles. The Morgan fingerprint density at radius 2 is 2.12 bits per heavy atom. The molecule has 0 saturated carbocycles. The largest absolute Gasteiger partial charge is 0.365 e. The monoisotopic (exact) mass is 252 g/mol. The molecule has 1 aliphatic heterocycles. The number of benzene rings is 1. The summed E-state index contributed by atoms with van der Waals surface area (Å²) in [5, 5.41) is 4.38. The molecule has 3 heteroatoms. The third kappa shape index (κ3) is 2.75. The van der Waals surface area contributed by atoms with Crippen LogP contribution in [0.3, 0.4) is 0 Å². The van der Waals surface area contributed by atoms with Crippen LogP contribution in [0, 0.1) is 6.92 Å². The van der Waals surface area contributed by atoms with Crippen LogP contribution in [-0.4, -0.2) is 24.7 Å². The lowest BCUT2D eigenvalue weighted by Gasteiger charge is -2.45. The summed E-state index contributed by atoms with van der Waals surface area (Å²) >= 11 is 6.11. The first-order chi connectivity index (χ1) is 7.89. The van der Waals surface area contributed by atoms with Crippen molar-refractivity contribution in [3.63, 3.8) is 0 Å². The first-order valence-corrected chi connectivity index (χ1v) is 6.55. The molecule has 0 radical (unpaired) electrons. The summed E-state index contributed by atoms with van der Waals surface area (Å²) in [6, 6.07) is 6.63. The van der Waals surface area contributed by atoms with Crippen molar-refractivity contribution in [2.75, 3.05) is 18.0 Å². The van der Waals surface area contributed by atoms with Crippen molar-refractivity contribution in [1.29, 1.82) is 0 Å². The number of anilines is 1. The smallest absolute Gasteiger partial charge is 0.0426 e. The minimum atomic E-state index is 0.154. The standard InChI is InChI=1S/C14H21ClN2/c1-10-5-6-12(15)7-13(10)17-9-14(3,4)16-8-11(17)2/h5-7,11,16H,8-9H2,1-4H3. The minimum Gasteiger partial charge on any atom is -0.365 e. The van der Waals surface area contributed by atoms with Crippen LogP contribution < -0.4 is 10.2 Å². The maximum atomic E-state index is 6.11. The van der Waals surface area contributed by atoms with E-state index in [1.807, 2.05) is 6.07 Å². The molecule has 1 aromatic carbocycles. The van der Waals surface area contributed by atoms with Gasteiger partial charge in [-0.15, -0.1) is 0 Å². The van der Waals surface area contributed by atoms with Crippen LogP contribution in [-0.2, 0) is 0 Å². The molecule has 2 rings (SSSR count). The fourth-order valence-corrected chi connectivity index (χ4v) is 2.55. The van der Waals surface area contributed by atoms with Crippen molar-refractivity contribution in [2.24, 2.45) is 0 Å². The molecule has 0 bridgehead atoms. The summed E-state index contributed by atoms with van der Waals surface area (Å²) in [7, 11) is 0. The molecule has 1 aliphatic rings. The van der Waals surface area contributed by atoms with Crippen molar-refractivity contribution in [1.82, 2.24) is 5.32 Å². The Bertz CT molecular complexity index is 415. The lowest BCUT2D eigenvalue weighted by molar-refractivity contribution is 0.318. The van der Waals surface area contributed by atoms with Gasteiger partial charge in [0.05, 0.1) is 0 Å². The van der Waals surface area contributed by atoms with Crippen molar-refractivity contribution >= 4 is 17.3 Å². The predicted molar refractivity (Wildman–Crippen MR) is 75.1 cm³/mol. The van der Waals surface area contributed by atoms with Crippen LogP contribution in [0.4, 0.5) is 5.69 Å². The van der Waals surface area contributed by atoms with Gasteiger partial charge >= 0.3 is 0 Å². The summed E-state index contributed by atoms with van der Waals surface area (Å²) in [6.45, 7) is 10.9. The van der Waals surface area contributed by atoms with Gasteiger partial charge in [0.15, 0.2) is 0 Å². The molecule has 17 heavy (non-hydrogen) atoms. The predicted octanol–water partition coefficient (Wildman–Crippen LogP) is 3.23. The number of nitrogens with zero attached hydrogens (tertiary/aromatic N) is 1. The normalized spacial score (nSPS) is 23.8. The van der Waals surface area contributed by atoms with Gasteiger partial charge in [0, 0.05) is 35.4 Å². The number of aryl methyl sites for hydroxylation is 1. The average molecular weight is 253 g/mol. The fraction of sp³-hybridized carbons (Fsp3) is 0.571. The molecule has 1 N–H and O–H groups in total. The van der Waals surface area contributed by atoms with Crippen molar-refractivity contribution in [3.05, 3.63) is 28.8 Å². The molecular formula is C14H21ClN2. The molecule has 94 valence electrons. The lowest BCUT2D eigenvalue weighted by atomic mass is 9.97. The lowest BCUT2D eigenvalue weighted by Crippen LogP contribution is -2.61. The van der Waals surface area contributed by atoms with Gasteiger partial charge in [0.1, 0.15) is 0 Å². The third-order valence-electron chi connectivity index (χ3n) is 3.45. The van der Waals surface area contributed by atoms with Gasteiger partial charge < -0.3 is 10.2 Å². The van der Waals surface area contributed by atoms with Gasteiger partial charge in [-0.05, 0) is 45.4 Å². The van der Waals surface area contributed by atoms with Gasteiger partial charge in [-0.25, -0.2) is 0 Å². The van der Waals surface area contributed by atoms with Crippen molar-refractivity contribution in [3.8, 4) is 0 Å². The maximum absolute atomic E-state index is 6.11. The molecule has 0 aliphatic carbocycles. The molecule has 0 amide bonds. The van der Waals surface area contributed by atoms with Crippen molar-refractivity contribution < 1.29 is 0 Å². The number of rotatable bonds is 1. The van der Waals surface area contributed by atoms with E-state index in [0.29, 0.717) is 6.04 Å².